The van der Waals surface area contributed by atoms with Gasteiger partial charge in [-0.15, -0.1) is 11.3 Å². The summed E-state index contributed by atoms with van der Waals surface area (Å²) in [5.74, 6) is 1.76. The smallest absolute Gasteiger partial charge is 0.143 e. The van der Waals surface area contributed by atoms with E-state index >= 15 is 0 Å². The third-order valence-electron chi connectivity index (χ3n) is 4.30. The van der Waals surface area contributed by atoms with Crippen molar-refractivity contribution in [3.8, 4) is 5.75 Å². The van der Waals surface area contributed by atoms with Gasteiger partial charge in [0.05, 0.1) is 23.7 Å². The summed E-state index contributed by atoms with van der Waals surface area (Å²) in [6.45, 7) is 2.01. The molecule has 0 spiro atoms. The Kier molecular flexibility index (Phi) is 4.31. The summed E-state index contributed by atoms with van der Waals surface area (Å²) in [5, 5.41) is 3.04. The maximum absolute atomic E-state index is 5.26. The van der Waals surface area contributed by atoms with E-state index in [9.17, 15) is 0 Å². The first-order chi connectivity index (χ1) is 12.7. The molecule has 2 aromatic heterocycles. The van der Waals surface area contributed by atoms with Gasteiger partial charge in [-0.2, -0.15) is 0 Å². The molecule has 0 atom stereocenters. The van der Waals surface area contributed by atoms with E-state index in [4.69, 9.17) is 14.7 Å². The summed E-state index contributed by atoms with van der Waals surface area (Å²) in [7, 11) is 3.72. The molecule has 0 aliphatic carbocycles. The van der Waals surface area contributed by atoms with E-state index in [2.05, 4.69) is 22.1 Å². The van der Waals surface area contributed by atoms with Crippen LogP contribution in [0.2, 0.25) is 0 Å². The molecule has 26 heavy (non-hydrogen) atoms. The molecule has 0 fully saturated rings. The number of imidazole rings is 1. The fraction of sp³-hybridized carbons (Fsp3) is 0.143. The van der Waals surface area contributed by atoms with Gasteiger partial charge in [0.15, 0.2) is 0 Å². The molecule has 0 aliphatic heterocycles. The molecular weight excluding hydrogens is 342 g/mol. The number of nitrogens with zero attached hydrogens (tertiary/aromatic N) is 3. The highest BCUT2D eigenvalue weighted by Gasteiger charge is 2.16. The molecule has 4 nitrogen and oxygen atoms in total. The van der Waals surface area contributed by atoms with Gasteiger partial charge in [0, 0.05) is 18.1 Å². The lowest BCUT2D eigenvalue weighted by atomic mass is 10.1. The molecule has 2 heterocycles. The zero-order valence-corrected chi connectivity index (χ0v) is 15.7. The Morgan fingerprint density at radius 1 is 1.08 bits per heavy atom. The molecule has 0 saturated carbocycles. The second kappa shape index (κ2) is 6.77. The molecule has 130 valence electrons. The summed E-state index contributed by atoms with van der Waals surface area (Å²) in [4.78, 5) is 9.57. The largest absolute Gasteiger partial charge is 0.497 e. The maximum atomic E-state index is 5.26. The average Bonchev–Trinajstić information content (AvgIpc) is 3.24. The number of aromatic nitrogens is 3. The van der Waals surface area contributed by atoms with Crippen molar-refractivity contribution in [2.75, 3.05) is 7.11 Å². The molecule has 0 unspecified atom stereocenters. The van der Waals surface area contributed by atoms with E-state index in [1.807, 2.05) is 56.4 Å². The third kappa shape index (κ3) is 3.02. The van der Waals surface area contributed by atoms with Crippen LogP contribution in [0.5, 0.6) is 5.75 Å². The van der Waals surface area contributed by atoms with Gasteiger partial charge >= 0.3 is 0 Å². The van der Waals surface area contributed by atoms with E-state index in [-0.39, 0.29) is 0 Å². The van der Waals surface area contributed by atoms with Crippen molar-refractivity contribution in [1.82, 2.24) is 14.5 Å². The number of benzene rings is 2. The zero-order valence-electron chi connectivity index (χ0n) is 14.9. The summed E-state index contributed by atoms with van der Waals surface area (Å²) >= 11 is 1.64. The number of hydrogen-bond acceptors (Lipinski definition) is 4. The highest BCUT2D eigenvalue weighted by molar-refractivity contribution is 7.11. The first-order valence-corrected chi connectivity index (χ1v) is 9.24. The molecule has 4 aromatic rings. The molecule has 4 rings (SSSR count). The van der Waals surface area contributed by atoms with Crippen LogP contribution >= 0.6 is 11.3 Å². The van der Waals surface area contributed by atoms with Crippen molar-refractivity contribution in [2.24, 2.45) is 7.05 Å². The molecule has 0 saturated heterocycles. The topological polar surface area (TPSA) is 39.9 Å². The van der Waals surface area contributed by atoms with Gasteiger partial charge < -0.3 is 9.30 Å². The number of methoxy groups -OCH3 is 1. The van der Waals surface area contributed by atoms with Crippen LogP contribution in [-0.4, -0.2) is 21.6 Å². The number of thiazole rings is 1. The quantitative estimate of drug-likeness (QED) is 0.517. The molecule has 2 aromatic carbocycles. The van der Waals surface area contributed by atoms with E-state index in [0.717, 1.165) is 44.4 Å². The molecular formula is C21H19N3OS. The summed E-state index contributed by atoms with van der Waals surface area (Å²) < 4.78 is 7.38. The Morgan fingerprint density at radius 2 is 1.85 bits per heavy atom. The van der Waals surface area contributed by atoms with Gasteiger partial charge in [-0.25, -0.2) is 9.97 Å². The Morgan fingerprint density at radius 3 is 2.50 bits per heavy atom. The summed E-state index contributed by atoms with van der Waals surface area (Å²) in [6, 6.07) is 16.2. The Labute approximate surface area is 156 Å². The highest BCUT2D eigenvalue weighted by atomic mass is 32.1. The van der Waals surface area contributed by atoms with E-state index < -0.39 is 0 Å². The monoisotopic (exact) mass is 361 g/mol. The number of fused-ring (bicyclic) bond motifs is 1. The lowest BCUT2D eigenvalue weighted by Crippen LogP contribution is -1.99. The van der Waals surface area contributed by atoms with Crippen LogP contribution in [0.25, 0.3) is 22.7 Å². The van der Waals surface area contributed by atoms with Gasteiger partial charge in [-0.1, -0.05) is 24.3 Å². The number of rotatable bonds is 4. The van der Waals surface area contributed by atoms with Crippen LogP contribution < -0.4 is 4.74 Å². The van der Waals surface area contributed by atoms with Crippen LogP contribution in [0.4, 0.5) is 0 Å². The van der Waals surface area contributed by atoms with Gasteiger partial charge in [0.1, 0.15) is 16.6 Å². The summed E-state index contributed by atoms with van der Waals surface area (Å²) in [6.07, 6.45) is 2.14. The molecule has 0 radical (unpaired) electrons. The number of hydrogen-bond donors (Lipinski definition) is 0. The highest BCUT2D eigenvalue weighted by Crippen LogP contribution is 2.30. The Balaban J connectivity index is 1.90. The third-order valence-corrected chi connectivity index (χ3v) is 5.30. The lowest BCUT2D eigenvalue weighted by molar-refractivity contribution is 0.415. The van der Waals surface area contributed by atoms with E-state index in [1.54, 1.807) is 18.4 Å². The molecule has 0 aliphatic rings. The Hall–Kier alpha value is -2.92. The molecule has 0 amide bonds. The minimum absolute atomic E-state index is 0.844. The van der Waals surface area contributed by atoms with Gasteiger partial charge in [-0.05, 0) is 42.8 Å². The zero-order chi connectivity index (χ0) is 18.1. The fourth-order valence-electron chi connectivity index (χ4n) is 2.95. The summed E-state index contributed by atoms with van der Waals surface area (Å²) in [5.41, 5.74) is 5.22. The van der Waals surface area contributed by atoms with Gasteiger partial charge in [-0.3, -0.25) is 0 Å². The fourth-order valence-corrected chi connectivity index (χ4v) is 3.76. The van der Waals surface area contributed by atoms with Crippen molar-refractivity contribution < 1.29 is 4.74 Å². The van der Waals surface area contributed by atoms with Crippen LogP contribution in [-0.2, 0) is 7.05 Å². The standard InChI is InChI=1S/C21H19N3OS/c1-14-13-26-21(22-14)17(12-15-8-10-16(25-3)11-9-15)20-23-18-6-4-5-7-19(18)24(20)2/h4-13H,1-3H3. The van der Waals surface area contributed by atoms with Crippen molar-refractivity contribution in [3.63, 3.8) is 0 Å². The second-order valence-electron chi connectivity index (χ2n) is 6.11. The minimum atomic E-state index is 0.844. The SMILES string of the molecule is COc1ccc(C=C(c2nc(C)cs2)c2nc3ccccc3n2C)cc1. The van der Waals surface area contributed by atoms with Gasteiger partial charge in [0.2, 0.25) is 0 Å². The van der Waals surface area contributed by atoms with Crippen molar-refractivity contribution in [1.29, 1.82) is 0 Å². The molecule has 0 N–H and O–H groups in total. The number of aryl methyl sites for hydroxylation is 2. The molecule has 0 bridgehead atoms. The van der Waals surface area contributed by atoms with E-state index in [0.29, 0.717) is 0 Å². The first-order valence-electron chi connectivity index (χ1n) is 8.36. The predicted octanol–water partition coefficient (Wildman–Crippen LogP) is 4.94. The second-order valence-corrected chi connectivity index (χ2v) is 6.97. The van der Waals surface area contributed by atoms with Crippen molar-refractivity contribution >= 4 is 34.0 Å². The molecule has 5 heteroatoms. The van der Waals surface area contributed by atoms with Crippen LogP contribution in [0.15, 0.2) is 53.9 Å². The minimum Gasteiger partial charge on any atom is -0.497 e. The lowest BCUT2D eigenvalue weighted by Gasteiger charge is -2.06. The normalized spacial score (nSPS) is 11.9. The van der Waals surface area contributed by atoms with Crippen molar-refractivity contribution in [2.45, 2.75) is 6.92 Å². The average molecular weight is 361 g/mol. The number of ether oxygens (including phenoxy) is 1. The van der Waals surface area contributed by atoms with Gasteiger partial charge in [0.25, 0.3) is 0 Å². The van der Waals surface area contributed by atoms with E-state index in [1.165, 1.54) is 0 Å². The van der Waals surface area contributed by atoms with Crippen molar-refractivity contribution in [3.05, 3.63) is 76.0 Å². The van der Waals surface area contributed by atoms with Crippen LogP contribution in [0.3, 0.4) is 0 Å². The van der Waals surface area contributed by atoms with Crippen LogP contribution in [0.1, 0.15) is 22.1 Å². The first kappa shape index (κ1) is 16.5. The number of para-hydroxylation sites is 2. The van der Waals surface area contributed by atoms with Crippen LogP contribution in [0, 0.1) is 6.92 Å². The Bertz CT molecular complexity index is 1090. The maximum Gasteiger partial charge on any atom is 0.143 e. The predicted molar refractivity (Wildman–Crippen MR) is 108 cm³/mol.